The molecule has 0 aliphatic carbocycles. The largest absolute Gasteiger partial charge is 0.393 e. The molecule has 3 atom stereocenters. The summed E-state index contributed by atoms with van der Waals surface area (Å²) in [6, 6.07) is 0. The maximum atomic E-state index is 15.3. The molecule has 0 spiro atoms. The molecule has 0 amide bonds. The van der Waals surface area contributed by atoms with Crippen LogP contribution in [0.15, 0.2) is 12.7 Å². The van der Waals surface area contributed by atoms with Gasteiger partial charge in [-0.1, -0.05) is 0 Å². The highest BCUT2D eigenvalue weighted by Gasteiger charge is 2.60. The lowest BCUT2D eigenvalue weighted by Gasteiger charge is -2.31. The summed E-state index contributed by atoms with van der Waals surface area (Å²) < 4.78 is 21.6. The molecule has 2 aromatic heterocycles. The Balaban J connectivity index is 2.12. The Morgan fingerprint density at radius 1 is 1.48 bits per heavy atom. The minimum absolute atomic E-state index is 0.100. The predicted molar refractivity (Wildman–Crippen MR) is 69.6 cm³/mol. The number of rotatable bonds is 3. The number of halogens is 1. The fourth-order valence-electron chi connectivity index (χ4n) is 2.50. The van der Waals surface area contributed by atoms with E-state index in [0.717, 1.165) is 10.9 Å². The molecule has 0 saturated carbocycles. The molecular formula is C11H15FN6O3. The van der Waals surface area contributed by atoms with Gasteiger partial charge in [-0.15, -0.1) is 0 Å². The first-order chi connectivity index (χ1) is 9.98. The molecule has 1 saturated heterocycles. The van der Waals surface area contributed by atoms with Gasteiger partial charge in [-0.2, -0.15) is 0 Å². The number of ether oxygens (including phenoxy) is 1. The van der Waals surface area contributed by atoms with Gasteiger partial charge in [-0.3, -0.25) is 4.57 Å². The first-order valence-corrected chi connectivity index (χ1v) is 6.24. The lowest BCUT2D eigenvalue weighted by atomic mass is 9.93. The van der Waals surface area contributed by atoms with Crippen molar-refractivity contribution in [1.82, 2.24) is 19.5 Å². The number of fused-ring (bicyclic) bond motifs is 1. The summed E-state index contributed by atoms with van der Waals surface area (Å²) in [6.45, 7) is -1.35. The van der Waals surface area contributed by atoms with Crippen LogP contribution in [0.2, 0.25) is 0 Å². The number of hydrogen-bond acceptors (Lipinski definition) is 8. The normalized spacial score (nSPS) is 32.9. The van der Waals surface area contributed by atoms with Crippen LogP contribution in [0.1, 0.15) is 0 Å². The second-order valence-corrected chi connectivity index (χ2v) is 4.98. The van der Waals surface area contributed by atoms with Crippen LogP contribution >= 0.6 is 0 Å². The molecule has 1 aliphatic rings. The monoisotopic (exact) mass is 298 g/mol. The summed E-state index contributed by atoms with van der Waals surface area (Å²) in [6.07, 6.45) is 0.643. The van der Waals surface area contributed by atoms with E-state index in [1.165, 1.54) is 6.33 Å². The van der Waals surface area contributed by atoms with E-state index in [4.69, 9.17) is 16.2 Å². The second kappa shape index (κ2) is 4.56. The van der Waals surface area contributed by atoms with Gasteiger partial charge >= 0.3 is 0 Å². The summed E-state index contributed by atoms with van der Waals surface area (Å²) in [5.74, 6) is -2.26. The Morgan fingerprint density at radius 2 is 2.24 bits per heavy atom. The van der Waals surface area contributed by atoms with Gasteiger partial charge in [0.05, 0.1) is 12.9 Å². The number of aromatic nitrogens is 4. The van der Waals surface area contributed by atoms with Crippen LogP contribution in [0.5, 0.6) is 0 Å². The summed E-state index contributed by atoms with van der Waals surface area (Å²) >= 11 is 0. The average molecular weight is 298 g/mol. The van der Waals surface area contributed by atoms with Gasteiger partial charge in [-0.25, -0.2) is 19.3 Å². The summed E-state index contributed by atoms with van der Waals surface area (Å²) in [5, 5.41) is 19.7. The van der Waals surface area contributed by atoms with Crippen molar-refractivity contribution >= 4 is 17.0 Å². The first kappa shape index (κ1) is 14.1. The van der Waals surface area contributed by atoms with Crippen LogP contribution in [0.3, 0.4) is 0 Å². The maximum Gasteiger partial charge on any atom is 0.241 e. The highest BCUT2D eigenvalue weighted by Crippen LogP contribution is 2.40. The number of nitrogens with two attached hydrogens (primary N) is 2. The van der Waals surface area contributed by atoms with E-state index in [1.54, 1.807) is 0 Å². The number of anilines is 1. The fraction of sp³-hybridized carbons (Fsp3) is 0.545. The van der Waals surface area contributed by atoms with Gasteiger partial charge in [-0.05, 0) is 0 Å². The van der Waals surface area contributed by atoms with E-state index in [0.29, 0.717) is 0 Å². The Kier molecular flexibility index (Phi) is 3.06. The van der Waals surface area contributed by atoms with E-state index in [9.17, 15) is 10.2 Å². The fourth-order valence-corrected chi connectivity index (χ4v) is 2.50. The summed E-state index contributed by atoms with van der Waals surface area (Å²) in [5.41, 5.74) is 9.92. The van der Waals surface area contributed by atoms with Gasteiger partial charge in [0.2, 0.25) is 5.79 Å². The second-order valence-electron chi connectivity index (χ2n) is 4.98. The van der Waals surface area contributed by atoms with E-state index < -0.39 is 30.7 Å². The van der Waals surface area contributed by atoms with Crippen LogP contribution < -0.4 is 11.5 Å². The van der Waals surface area contributed by atoms with Gasteiger partial charge in [0.15, 0.2) is 11.5 Å². The van der Waals surface area contributed by atoms with Crippen molar-refractivity contribution in [3.05, 3.63) is 12.7 Å². The van der Waals surface area contributed by atoms with Crippen molar-refractivity contribution in [3.8, 4) is 0 Å². The molecule has 9 nitrogen and oxygen atoms in total. The van der Waals surface area contributed by atoms with Crippen molar-refractivity contribution in [2.45, 2.75) is 17.5 Å². The minimum atomic E-state index is -2.36. The zero-order valence-electron chi connectivity index (χ0n) is 11.0. The number of aliphatic hydroxyl groups excluding tert-OH is 2. The predicted octanol–water partition coefficient (Wildman–Crippen LogP) is -1.89. The van der Waals surface area contributed by atoms with E-state index in [-0.39, 0.29) is 23.5 Å². The molecular weight excluding hydrogens is 283 g/mol. The van der Waals surface area contributed by atoms with Crippen molar-refractivity contribution in [2.75, 3.05) is 25.5 Å². The SMILES string of the molecule is NC[C@]1(CO)OC[C@](F)(n2cnc3c(N)ncnc32)[C@@H]1O. The minimum Gasteiger partial charge on any atom is -0.393 e. The van der Waals surface area contributed by atoms with Crippen LogP contribution in [0.4, 0.5) is 10.2 Å². The Labute approximate surface area is 118 Å². The number of nitrogens with zero attached hydrogens (tertiary/aromatic N) is 4. The number of nitrogen functional groups attached to an aromatic ring is 1. The molecule has 0 unspecified atom stereocenters. The number of hydrogen-bond donors (Lipinski definition) is 4. The van der Waals surface area contributed by atoms with Crippen LogP contribution in [0, 0.1) is 0 Å². The molecule has 2 aromatic rings. The molecule has 0 radical (unpaired) electrons. The highest BCUT2D eigenvalue weighted by molar-refractivity contribution is 5.81. The van der Waals surface area contributed by atoms with Crippen molar-refractivity contribution in [1.29, 1.82) is 0 Å². The van der Waals surface area contributed by atoms with Crippen LogP contribution in [-0.2, 0) is 10.5 Å². The zero-order valence-corrected chi connectivity index (χ0v) is 11.0. The van der Waals surface area contributed by atoms with Crippen molar-refractivity contribution in [2.24, 2.45) is 5.73 Å². The molecule has 114 valence electrons. The molecule has 3 rings (SSSR count). The van der Waals surface area contributed by atoms with Gasteiger partial charge in [0.1, 0.15) is 30.2 Å². The Morgan fingerprint density at radius 3 is 2.86 bits per heavy atom. The average Bonchev–Trinajstić information content (AvgIpc) is 3.03. The third-order valence-electron chi connectivity index (χ3n) is 3.85. The number of aliphatic hydroxyl groups is 2. The smallest absolute Gasteiger partial charge is 0.241 e. The quantitative estimate of drug-likeness (QED) is 0.514. The van der Waals surface area contributed by atoms with Crippen LogP contribution in [0.25, 0.3) is 11.2 Å². The van der Waals surface area contributed by atoms with Gasteiger partial charge in [0.25, 0.3) is 0 Å². The van der Waals surface area contributed by atoms with Gasteiger partial charge in [0, 0.05) is 6.54 Å². The summed E-state index contributed by atoms with van der Waals surface area (Å²) in [7, 11) is 0. The zero-order chi connectivity index (χ0) is 15.3. The number of alkyl halides is 1. The van der Waals surface area contributed by atoms with E-state index in [2.05, 4.69) is 15.0 Å². The molecule has 10 heteroatoms. The lowest BCUT2D eigenvalue weighted by Crippen LogP contribution is -2.55. The standard InChI is InChI=1S/C11H15FN6O3/c12-11(3-21-10(1-13,2-19)9(11)20)18-5-17-6-7(14)15-4-16-8(6)18/h4-5,9,19-20H,1-3,13H2,(H2,14,15,16)/t9-,10-,11+/m1/s1. The molecule has 6 N–H and O–H groups in total. The molecule has 1 fully saturated rings. The maximum absolute atomic E-state index is 15.3. The topological polar surface area (TPSA) is 145 Å². The first-order valence-electron chi connectivity index (χ1n) is 6.24. The van der Waals surface area contributed by atoms with Crippen LogP contribution in [-0.4, -0.2) is 61.2 Å². The number of imidazole rings is 1. The third-order valence-corrected chi connectivity index (χ3v) is 3.85. The van der Waals surface area contributed by atoms with E-state index in [1.807, 2.05) is 0 Å². The molecule has 21 heavy (non-hydrogen) atoms. The Bertz CT molecular complexity index is 675. The third kappa shape index (κ3) is 1.73. The van der Waals surface area contributed by atoms with Crippen molar-refractivity contribution in [3.63, 3.8) is 0 Å². The molecule has 0 bridgehead atoms. The lowest BCUT2D eigenvalue weighted by molar-refractivity contribution is -0.0999. The highest BCUT2D eigenvalue weighted by atomic mass is 19.1. The molecule has 3 heterocycles. The van der Waals surface area contributed by atoms with Crippen molar-refractivity contribution < 1.29 is 19.3 Å². The molecule has 0 aromatic carbocycles. The molecule has 1 aliphatic heterocycles. The summed E-state index contributed by atoms with van der Waals surface area (Å²) in [4.78, 5) is 11.7. The van der Waals surface area contributed by atoms with E-state index >= 15 is 4.39 Å². The Hall–Kier alpha value is -1.88. The van der Waals surface area contributed by atoms with Gasteiger partial charge < -0.3 is 26.4 Å².